The number of ether oxygens (including phenoxy) is 1. The van der Waals surface area contributed by atoms with Crippen molar-refractivity contribution in [3.8, 4) is 5.75 Å². The van der Waals surface area contributed by atoms with Crippen LogP contribution < -0.4 is 10.2 Å². The van der Waals surface area contributed by atoms with Crippen molar-refractivity contribution in [2.75, 3.05) is 6.61 Å². The van der Waals surface area contributed by atoms with Crippen LogP contribution in [0.25, 0.3) is 0 Å². The summed E-state index contributed by atoms with van der Waals surface area (Å²) in [5, 5.41) is 0. The molecular formula is C13H19BF3O-. The van der Waals surface area contributed by atoms with Crippen LogP contribution in [0, 0.1) is 12.8 Å². The van der Waals surface area contributed by atoms with Crippen molar-refractivity contribution in [1.29, 1.82) is 0 Å². The van der Waals surface area contributed by atoms with Gasteiger partial charge in [-0.2, -0.15) is 0 Å². The third-order valence-corrected chi connectivity index (χ3v) is 2.91. The van der Waals surface area contributed by atoms with Crippen LogP contribution in [0.15, 0.2) is 18.2 Å². The SMILES string of the molecule is CCCC(C)COc1ccc([B-](F)(F)F)c(C)c1. The summed E-state index contributed by atoms with van der Waals surface area (Å²) in [6, 6.07) is 3.97. The first-order chi connectivity index (χ1) is 8.34. The standard InChI is InChI=1S/C13H19BF3O/c1-4-5-10(2)9-18-12-6-7-13(11(3)8-12)14(15,16)17/h6-8,10H,4-5,9H2,1-3H3/q-1. The highest BCUT2D eigenvalue weighted by molar-refractivity contribution is 6.74. The summed E-state index contributed by atoms with van der Waals surface area (Å²) in [6.07, 6.45) is 2.14. The van der Waals surface area contributed by atoms with E-state index >= 15 is 0 Å². The largest absolute Gasteiger partial charge is 0.509 e. The Kier molecular flexibility index (Phi) is 5.11. The molecule has 1 atom stereocenters. The molecule has 0 saturated heterocycles. The Labute approximate surface area is 106 Å². The van der Waals surface area contributed by atoms with Crippen LogP contribution in [-0.2, 0) is 0 Å². The minimum atomic E-state index is -4.93. The Balaban J connectivity index is 2.68. The third-order valence-electron chi connectivity index (χ3n) is 2.91. The fourth-order valence-electron chi connectivity index (χ4n) is 1.92. The zero-order valence-electron chi connectivity index (χ0n) is 11.1. The second-order valence-electron chi connectivity index (χ2n) is 4.80. The molecule has 18 heavy (non-hydrogen) atoms. The highest BCUT2D eigenvalue weighted by Crippen LogP contribution is 2.18. The zero-order valence-corrected chi connectivity index (χ0v) is 11.1. The van der Waals surface area contributed by atoms with Crippen molar-refractivity contribution in [3.05, 3.63) is 23.8 Å². The molecule has 1 unspecified atom stereocenters. The molecule has 0 N–H and O–H groups in total. The monoisotopic (exact) mass is 259 g/mol. The van der Waals surface area contributed by atoms with E-state index in [1.54, 1.807) is 0 Å². The van der Waals surface area contributed by atoms with Gasteiger partial charge in [0.1, 0.15) is 5.75 Å². The van der Waals surface area contributed by atoms with E-state index in [4.69, 9.17) is 4.74 Å². The zero-order chi connectivity index (χ0) is 13.8. The van der Waals surface area contributed by atoms with Gasteiger partial charge in [0.05, 0.1) is 6.61 Å². The molecule has 1 rings (SSSR count). The lowest BCUT2D eigenvalue weighted by atomic mass is 9.77. The summed E-state index contributed by atoms with van der Waals surface area (Å²) in [6.45, 7) is 1.25. The van der Waals surface area contributed by atoms with E-state index in [2.05, 4.69) is 13.8 Å². The van der Waals surface area contributed by atoms with Crippen LogP contribution in [0.5, 0.6) is 5.75 Å². The van der Waals surface area contributed by atoms with Crippen molar-refractivity contribution in [2.24, 2.45) is 5.92 Å². The van der Waals surface area contributed by atoms with Gasteiger partial charge in [0.2, 0.25) is 0 Å². The fourth-order valence-corrected chi connectivity index (χ4v) is 1.92. The van der Waals surface area contributed by atoms with Crippen molar-refractivity contribution >= 4 is 12.4 Å². The molecule has 1 aromatic carbocycles. The Hall–Kier alpha value is -1.13. The van der Waals surface area contributed by atoms with Gasteiger partial charge in [-0.05, 0) is 31.4 Å². The molecule has 1 aromatic rings. The van der Waals surface area contributed by atoms with Crippen LogP contribution in [0.4, 0.5) is 12.9 Å². The molecule has 0 fully saturated rings. The summed E-state index contributed by atoms with van der Waals surface area (Å²) < 4.78 is 43.4. The Morgan fingerprint density at radius 1 is 1.28 bits per heavy atom. The van der Waals surface area contributed by atoms with Gasteiger partial charge in [-0.3, -0.25) is 0 Å². The summed E-state index contributed by atoms with van der Waals surface area (Å²) in [5.41, 5.74) is -0.313. The second-order valence-corrected chi connectivity index (χ2v) is 4.80. The number of rotatable bonds is 6. The molecule has 0 amide bonds. The van der Waals surface area contributed by atoms with Gasteiger partial charge in [-0.1, -0.05) is 31.9 Å². The predicted octanol–water partition coefficient (Wildman–Crippen LogP) is 3.86. The topological polar surface area (TPSA) is 9.23 Å². The normalized spacial score (nSPS) is 13.4. The smallest absolute Gasteiger partial charge is 0.493 e. The lowest BCUT2D eigenvalue weighted by Gasteiger charge is -2.19. The maximum Gasteiger partial charge on any atom is 0.509 e. The van der Waals surface area contributed by atoms with E-state index in [0.29, 0.717) is 18.3 Å². The van der Waals surface area contributed by atoms with Crippen LogP contribution in [0.3, 0.4) is 0 Å². The van der Waals surface area contributed by atoms with Crippen LogP contribution in [0.1, 0.15) is 32.3 Å². The molecule has 0 aliphatic rings. The maximum absolute atomic E-state index is 12.6. The minimum absolute atomic E-state index is 0.225. The van der Waals surface area contributed by atoms with Gasteiger partial charge in [-0.25, -0.2) is 0 Å². The molecule has 0 heterocycles. The van der Waals surface area contributed by atoms with E-state index in [9.17, 15) is 12.9 Å². The van der Waals surface area contributed by atoms with Gasteiger partial charge in [0.15, 0.2) is 0 Å². The first kappa shape index (κ1) is 14.9. The molecule has 0 aromatic heterocycles. The molecule has 0 aliphatic heterocycles. The van der Waals surface area contributed by atoms with Crippen molar-refractivity contribution < 1.29 is 17.7 Å². The Morgan fingerprint density at radius 2 is 1.94 bits per heavy atom. The highest BCUT2D eigenvalue weighted by Gasteiger charge is 2.27. The van der Waals surface area contributed by atoms with Crippen LogP contribution >= 0.6 is 0 Å². The summed E-state index contributed by atoms with van der Waals surface area (Å²) in [4.78, 5) is 0. The van der Waals surface area contributed by atoms with E-state index in [0.717, 1.165) is 18.9 Å². The molecule has 0 bridgehead atoms. The van der Waals surface area contributed by atoms with Gasteiger partial charge in [0, 0.05) is 0 Å². The first-order valence-electron chi connectivity index (χ1n) is 6.28. The molecule has 0 spiro atoms. The molecule has 1 nitrogen and oxygen atoms in total. The number of aryl methyl sites for hydroxylation is 1. The van der Waals surface area contributed by atoms with Gasteiger partial charge in [-0.15, -0.1) is 5.46 Å². The average molecular weight is 259 g/mol. The van der Waals surface area contributed by atoms with E-state index < -0.39 is 12.4 Å². The number of hydrogen-bond donors (Lipinski definition) is 0. The van der Waals surface area contributed by atoms with Crippen LogP contribution in [-0.4, -0.2) is 13.6 Å². The number of benzene rings is 1. The van der Waals surface area contributed by atoms with Crippen molar-refractivity contribution in [2.45, 2.75) is 33.6 Å². The molecule has 102 valence electrons. The minimum Gasteiger partial charge on any atom is -0.493 e. The molecule has 0 aliphatic carbocycles. The predicted molar refractivity (Wildman–Crippen MR) is 69.5 cm³/mol. The second kappa shape index (κ2) is 6.16. The van der Waals surface area contributed by atoms with Gasteiger partial charge < -0.3 is 17.7 Å². The van der Waals surface area contributed by atoms with E-state index in [1.807, 2.05) is 0 Å². The van der Waals surface area contributed by atoms with E-state index in [-0.39, 0.29) is 5.56 Å². The maximum atomic E-state index is 12.6. The fraction of sp³-hybridized carbons (Fsp3) is 0.538. The lowest BCUT2D eigenvalue weighted by molar-refractivity contribution is 0.251. The van der Waals surface area contributed by atoms with Crippen LogP contribution in [0.2, 0.25) is 0 Å². The molecule has 0 radical (unpaired) electrons. The summed E-state index contributed by atoms with van der Waals surface area (Å²) >= 11 is 0. The Bertz CT molecular complexity index is 390. The third kappa shape index (κ3) is 4.28. The Morgan fingerprint density at radius 3 is 2.44 bits per heavy atom. The average Bonchev–Trinajstić information content (AvgIpc) is 2.25. The van der Waals surface area contributed by atoms with Gasteiger partial charge in [0.25, 0.3) is 0 Å². The van der Waals surface area contributed by atoms with Crippen molar-refractivity contribution in [3.63, 3.8) is 0 Å². The quantitative estimate of drug-likeness (QED) is 0.705. The highest BCUT2D eigenvalue weighted by atomic mass is 19.4. The van der Waals surface area contributed by atoms with Gasteiger partial charge >= 0.3 is 6.98 Å². The lowest BCUT2D eigenvalue weighted by Crippen LogP contribution is -2.35. The molecule has 5 heteroatoms. The first-order valence-corrected chi connectivity index (χ1v) is 6.28. The molecular weight excluding hydrogens is 240 g/mol. The summed E-state index contributed by atoms with van der Waals surface area (Å²) in [7, 11) is 0. The molecule has 0 saturated carbocycles. The number of halogens is 3. The summed E-state index contributed by atoms with van der Waals surface area (Å²) in [5.74, 6) is 0.932. The van der Waals surface area contributed by atoms with E-state index in [1.165, 1.54) is 19.1 Å². The van der Waals surface area contributed by atoms with Crippen molar-refractivity contribution in [1.82, 2.24) is 0 Å². The number of hydrogen-bond acceptors (Lipinski definition) is 1.